The SMILES string of the molecule is COc1ccc2c(n1)[nH]c(=O)n2C1CCNCC1.Cl.Cl. The quantitative estimate of drug-likeness (QED) is 0.879. The van der Waals surface area contributed by atoms with Gasteiger partial charge in [-0.1, -0.05) is 0 Å². The number of nitrogens with zero attached hydrogens (tertiary/aromatic N) is 2. The second-order valence-electron chi connectivity index (χ2n) is 4.50. The fourth-order valence-corrected chi connectivity index (χ4v) is 2.53. The number of aromatic amines is 1. The summed E-state index contributed by atoms with van der Waals surface area (Å²) in [6, 6.07) is 3.93. The van der Waals surface area contributed by atoms with Crippen molar-refractivity contribution in [2.24, 2.45) is 0 Å². The summed E-state index contributed by atoms with van der Waals surface area (Å²) in [5, 5.41) is 3.30. The summed E-state index contributed by atoms with van der Waals surface area (Å²) < 4.78 is 6.89. The van der Waals surface area contributed by atoms with Crippen LogP contribution in [0.25, 0.3) is 11.2 Å². The lowest BCUT2D eigenvalue weighted by Gasteiger charge is -2.23. The highest BCUT2D eigenvalue weighted by Crippen LogP contribution is 2.22. The zero-order valence-electron chi connectivity index (χ0n) is 11.1. The number of imidazole rings is 1. The van der Waals surface area contributed by atoms with Gasteiger partial charge in [0.1, 0.15) is 0 Å². The van der Waals surface area contributed by atoms with Gasteiger partial charge in [-0.3, -0.25) is 9.55 Å². The first-order valence-corrected chi connectivity index (χ1v) is 6.15. The maximum Gasteiger partial charge on any atom is 0.327 e. The van der Waals surface area contributed by atoms with Crippen LogP contribution in [0.15, 0.2) is 16.9 Å². The molecule has 0 radical (unpaired) electrons. The lowest BCUT2D eigenvalue weighted by atomic mass is 10.1. The molecule has 0 aliphatic carbocycles. The largest absolute Gasteiger partial charge is 0.481 e. The molecular weight excluding hydrogens is 303 g/mol. The smallest absolute Gasteiger partial charge is 0.327 e. The van der Waals surface area contributed by atoms with Crippen molar-refractivity contribution in [1.82, 2.24) is 19.9 Å². The van der Waals surface area contributed by atoms with Crippen LogP contribution in [0.2, 0.25) is 0 Å². The Morgan fingerprint density at radius 2 is 2.00 bits per heavy atom. The fraction of sp³-hybridized carbons (Fsp3) is 0.500. The maximum atomic E-state index is 12.0. The lowest BCUT2D eigenvalue weighted by Crippen LogP contribution is -2.33. The van der Waals surface area contributed by atoms with E-state index >= 15 is 0 Å². The molecule has 3 rings (SSSR count). The molecule has 20 heavy (non-hydrogen) atoms. The summed E-state index contributed by atoms with van der Waals surface area (Å²) in [5.41, 5.74) is 1.36. The van der Waals surface area contributed by atoms with E-state index in [1.807, 2.05) is 10.6 Å². The summed E-state index contributed by atoms with van der Waals surface area (Å²) in [7, 11) is 1.57. The molecule has 1 saturated heterocycles. The number of hydrogen-bond donors (Lipinski definition) is 2. The van der Waals surface area contributed by atoms with E-state index in [-0.39, 0.29) is 36.5 Å². The highest BCUT2D eigenvalue weighted by Gasteiger charge is 2.20. The number of nitrogens with one attached hydrogen (secondary N) is 2. The zero-order valence-corrected chi connectivity index (χ0v) is 12.7. The van der Waals surface area contributed by atoms with E-state index in [1.165, 1.54) is 0 Å². The Morgan fingerprint density at radius 3 is 2.65 bits per heavy atom. The fourth-order valence-electron chi connectivity index (χ4n) is 2.53. The molecule has 3 heterocycles. The number of halogens is 2. The number of fused-ring (bicyclic) bond motifs is 1. The molecule has 0 spiro atoms. The Hall–Kier alpha value is -1.24. The number of methoxy groups -OCH3 is 1. The number of rotatable bonds is 2. The summed E-state index contributed by atoms with van der Waals surface area (Å²) in [6.45, 7) is 1.90. The highest BCUT2D eigenvalue weighted by molar-refractivity contribution is 5.85. The number of H-pyrrole nitrogens is 1. The molecule has 6 nitrogen and oxygen atoms in total. The van der Waals surface area contributed by atoms with Crippen molar-refractivity contribution in [3.05, 3.63) is 22.6 Å². The van der Waals surface area contributed by atoms with E-state index in [2.05, 4.69) is 15.3 Å². The number of aromatic nitrogens is 3. The molecule has 0 unspecified atom stereocenters. The molecule has 112 valence electrons. The molecule has 0 bridgehead atoms. The van der Waals surface area contributed by atoms with Gasteiger partial charge in [-0.05, 0) is 32.0 Å². The van der Waals surface area contributed by atoms with Gasteiger partial charge in [-0.25, -0.2) is 4.79 Å². The molecule has 0 amide bonds. The van der Waals surface area contributed by atoms with Gasteiger partial charge in [-0.2, -0.15) is 4.98 Å². The van der Waals surface area contributed by atoms with Gasteiger partial charge in [0.2, 0.25) is 5.88 Å². The van der Waals surface area contributed by atoms with Gasteiger partial charge < -0.3 is 10.1 Å². The predicted molar refractivity (Wildman–Crippen MR) is 82.5 cm³/mol. The molecular formula is C12H18Cl2N4O2. The molecule has 2 aromatic heterocycles. The van der Waals surface area contributed by atoms with Gasteiger partial charge in [0.15, 0.2) is 5.65 Å². The van der Waals surface area contributed by atoms with Crippen LogP contribution in [0, 0.1) is 0 Å². The van der Waals surface area contributed by atoms with Crippen LogP contribution < -0.4 is 15.7 Å². The maximum absolute atomic E-state index is 12.0. The third kappa shape index (κ3) is 2.92. The molecule has 0 aromatic carbocycles. The van der Waals surface area contributed by atoms with Crippen molar-refractivity contribution in [3.8, 4) is 5.88 Å². The Morgan fingerprint density at radius 1 is 1.30 bits per heavy atom. The van der Waals surface area contributed by atoms with Crippen LogP contribution in [-0.2, 0) is 0 Å². The Kier molecular flexibility index (Phi) is 5.86. The van der Waals surface area contributed by atoms with Crippen molar-refractivity contribution in [3.63, 3.8) is 0 Å². The summed E-state index contributed by atoms with van der Waals surface area (Å²) in [6.07, 6.45) is 1.94. The zero-order chi connectivity index (χ0) is 12.5. The van der Waals surface area contributed by atoms with Crippen LogP contribution in [0.5, 0.6) is 5.88 Å². The third-order valence-corrected chi connectivity index (χ3v) is 3.44. The minimum Gasteiger partial charge on any atom is -0.481 e. The monoisotopic (exact) mass is 320 g/mol. The van der Waals surface area contributed by atoms with Crippen LogP contribution in [0.1, 0.15) is 18.9 Å². The first-order valence-electron chi connectivity index (χ1n) is 6.15. The van der Waals surface area contributed by atoms with Crippen molar-refractivity contribution in [2.75, 3.05) is 20.2 Å². The molecule has 2 aromatic rings. The van der Waals surface area contributed by atoms with Gasteiger partial charge in [-0.15, -0.1) is 24.8 Å². The Balaban J connectivity index is 0.000001000. The van der Waals surface area contributed by atoms with Gasteiger partial charge in [0.05, 0.1) is 12.6 Å². The van der Waals surface area contributed by atoms with E-state index in [1.54, 1.807) is 13.2 Å². The van der Waals surface area contributed by atoms with E-state index in [4.69, 9.17) is 4.74 Å². The second-order valence-corrected chi connectivity index (χ2v) is 4.50. The van der Waals surface area contributed by atoms with E-state index < -0.39 is 0 Å². The first-order chi connectivity index (χ1) is 8.79. The summed E-state index contributed by atoms with van der Waals surface area (Å²) in [5.74, 6) is 0.515. The second kappa shape index (κ2) is 6.97. The average Bonchev–Trinajstić information content (AvgIpc) is 2.74. The molecule has 2 N–H and O–H groups in total. The molecule has 1 fully saturated rings. The lowest BCUT2D eigenvalue weighted by molar-refractivity contribution is 0.368. The highest BCUT2D eigenvalue weighted by atomic mass is 35.5. The van der Waals surface area contributed by atoms with E-state index in [0.29, 0.717) is 11.5 Å². The van der Waals surface area contributed by atoms with Gasteiger partial charge in [0, 0.05) is 12.1 Å². The standard InChI is InChI=1S/C12H16N4O2.2ClH/c1-18-10-3-2-9-11(14-10)15-12(17)16(9)8-4-6-13-7-5-8;;/h2-3,8,13H,4-7H2,1H3,(H,14,15,17);2*1H. The average molecular weight is 321 g/mol. The number of hydrogen-bond acceptors (Lipinski definition) is 4. The Bertz CT molecular complexity index is 619. The minimum absolute atomic E-state index is 0. The number of pyridine rings is 1. The first kappa shape index (κ1) is 16.8. The van der Waals surface area contributed by atoms with E-state index in [9.17, 15) is 4.79 Å². The molecule has 1 aliphatic heterocycles. The van der Waals surface area contributed by atoms with Crippen molar-refractivity contribution in [1.29, 1.82) is 0 Å². The van der Waals surface area contributed by atoms with Crippen LogP contribution >= 0.6 is 24.8 Å². The summed E-state index contributed by atoms with van der Waals surface area (Å²) in [4.78, 5) is 19.1. The molecule has 0 saturated carbocycles. The van der Waals surface area contributed by atoms with Crippen LogP contribution in [0.4, 0.5) is 0 Å². The van der Waals surface area contributed by atoms with Crippen molar-refractivity contribution in [2.45, 2.75) is 18.9 Å². The van der Waals surface area contributed by atoms with Crippen LogP contribution in [0.3, 0.4) is 0 Å². The summed E-state index contributed by atoms with van der Waals surface area (Å²) >= 11 is 0. The predicted octanol–water partition coefficient (Wildman–Crippen LogP) is 1.50. The van der Waals surface area contributed by atoms with Gasteiger partial charge >= 0.3 is 5.69 Å². The molecule has 0 atom stereocenters. The van der Waals surface area contributed by atoms with Crippen LogP contribution in [-0.4, -0.2) is 34.7 Å². The normalized spacial score (nSPS) is 15.4. The minimum atomic E-state index is -0.0855. The third-order valence-electron chi connectivity index (χ3n) is 3.44. The number of piperidine rings is 1. The van der Waals surface area contributed by atoms with Crippen molar-refractivity contribution < 1.29 is 4.74 Å². The molecule has 1 aliphatic rings. The topological polar surface area (TPSA) is 71.9 Å². The molecule has 8 heteroatoms. The number of ether oxygens (including phenoxy) is 1. The van der Waals surface area contributed by atoms with Crippen molar-refractivity contribution >= 4 is 36.0 Å². The van der Waals surface area contributed by atoms with Gasteiger partial charge in [0.25, 0.3) is 0 Å². The Labute approximate surface area is 128 Å². The van der Waals surface area contributed by atoms with E-state index in [0.717, 1.165) is 31.4 Å².